The van der Waals surface area contributed by atoms with Crippen LogP contribution in [0.1, 0.15) is 207 Å². The van der Waals surface area contributed by atoms with E-state index in [0.29, 0.717) is 38.5 Å². The van der Waals surface area contributed by atoms with Gasteiger partial charge in [-0.25, -0.2) is 9.13 Å². The van der Waals surface area contributed by atoms with E-state index < -0.39 is 97.5 Å². The van der Waals surface area contributed by atoms with Crippen molar-refractivity contribution in [1.29, 1.82) is 0 Å². The van der Waals surface area contributed by atoms with Gasteiger partial charge in [-0.3, -0.25) is 37.3 Å². The zero-order valence-electron chi connectivity index (χ0n) is 65.1. The van der Waals surface area contributed by atoms with Crippen molar-refractivity contribution >= 4 is 39.5 Å². The van der Waals surface area contributed by atoms with Crippen LogP contribution in [-0.4, -0.2) is 96.7 Å². The monoisotopic (exact) mass is 1530 g/mol. The van der Waals surface area contributed by atoms with Gasteiger partial charge in [0.2, 0.25) is 0 Å². The molecule has 0 aromatic heterocycles. The number of aliphatic hydroxyl groups is 1. The predicted molar refractivity (Wildman–Crippen MR) is 444 cm³/mol. The van der Waals surface area contributed by atoms with Crippen molar-refractivity contribution in [3.8, 4) is 0 Å². The number of phosphoric acid groups is 2. The Balaban J connectivity index is 5.69. The Hall–Kier alpha value is -7.66. The lowest BCUT2D eigenvalue weighted by Gasteiger charge is -2.21. The molecule has 5 unspecified atom stereocenters. The van der Waals surface area contributed by atoms with Gasteiger partial charge in [0, 0.05) is 12.8 Å². The highest BCUT2D eigenvalue weighted by Crippen LogP contribution is 2.45. The molecule has 0 radical (unpaired) electrons. The summed E-state index contributed by atoms with van der Waals surface area (Å²) in [6.07, 6.45) is 105. The van der Waals surface area contributed by atoms with Crippen molar-refractivity contribution in [2.45, 2.75) is 226 Å². The molecule has 108 heavy (non-hydrogen) atoms. The lowest BCUT2D eigenvalue weighted by atomic mass is 10.2. The first-order valence-electron chi connectivity index (χ1n) is 38.6. The van der Waals surface area contributed by atoms with E-state index in [2.05, 4.69) is 210 Å². The Morgan fingerprint density at radius 2 is 0.463 bits per heavy atom. The van der Waals surface area contributed by atoms with Crippen LogP contribution in [0.25, 0.3) is 0 Å². The molecule has 0 saturated heterocycles. The van der Waals surface area contributed by atoms with Crippen molar-refractivity contribution < 1.29 is 80.2 Å². The summed E-state index contributed by atoms with van der Waals surface area (Å²) in [7, 11) is -10.1. The highest BCUT2D eigenvalue weighted by atomic mass is 31.2. The largest absolute Gasteiger partial charge is 0.472 e. The molecule has 0 aliphatic rings. The Labute approximate surface area is 649 Å². The lowest BCUT2D eigenvalue weighted by molar-refractivity contribution is -0.161. The minimum absolute atomic E-state index is 0.00259. The van der Waals surface area contributed by atoms with Crippen LogP contribution in [0.2, 0.25) is 0 Å². The van der Waals surface area contributed by atoms with E-state index in [-0.39, 0.29) is 25.7 Å². The van der Waals surface area contributed by atoms with Crippen molar-refractivity contribution in [3.63, 3.8) is 0 Å². The van der Waals surface area contributed by atoms with E-state index in [1.165, 1.54) is 0 Å². The van der Waals surface area contributed by atoms with Gasteiger partial charge in [0.05, 0.1) is 39.3 Å². The summed E-state index contributed by atoms with van der Waals surface area (Å²) < 4.78 is 68.1. The molecule has 0 rings (SSSR count). The number of rotatable bonds is 68. The quantitative estimate of drug-likeness (QED) is 0.0222. The number of esters is 4. The third-order valence-electron chi connectivity index (χ3n) is 14.3. The topological polar surface area (TPSA) is 237 Å². The lowest BCUT2D eigenvalue weighted by Crippen LogP contribution is -2.30. The molecular weight excluding hydrogens is 1400 g/mol. The Bertz CT molecular complexity index is 3110. The maximum Gasteiger partial charge on any atom is 0.472 e. The smallest absolute Gasteiger partial charge is 0.462 e. The fraction of sp³-hybridized carbons (Fsp3) is 0.461. The van der Waals surface area contributed by atoms with E-state index in [9.17, 15) is 43.2 Å². The molecule has 0 heterocycles. The number of ether oxygens (including phenoxy) is 4. The molecule has 0 aromatic carbocycles. The summed E-state index contributed by atoms with van der Waals surface area (Å²) in [5, 5.41) is 10.6. The molecule has 0 amide bonds. The summed E-state index contributed by atoms with van der Waals surface area (Å²) in [5.74, 6) is -2.72. The predicted octanol–water partition coefficient (Wildman–Crippen LogP) is 22.8. The van der Waals surface area contributed by atoms with Gasteiger partial charge in [0.15, 0.2) is 12.2 Å². The zero-order chi connectivity index (χ0) is 78.9. The van der Waals surface area contributed by atoms with E-state index in [1.54, 1.807) is 24.3 Å². The standard InChI is InChI=1S/C89H130O17P2/c1-5-9-13-17-21-25-29-33-37-39-41-43-47-50-54-58-62-66-70-74-87(92)100-80-85(106-89(94)76-72-68-64-60-56-52-48-44-42-40-38-34-30-26-22-18-14-10-6-2)82-104-108(97,98)102-78-83(90)77-101-107(95,96)103-81-84(105-88(93)75-71-67-63-59-55-51-46-36-32-28-24-20-16-12-8-4)79-99-86(91)73-69-65-61-57-53-49-45-35-31-27-23-19-15-11-7-3/h9-16,21-28,33-38,41-46,50,52-57,59,62,64-69,71,83-85,90H,5-8,17-20,29-32,39-40,47-49,51,58,60-61,63,70,72-82H2,1-4H3,(H,95,96)(H,97,98)/b13-9-,14-10-,15-11-,16-12-,25-21-,26-22-,27-23-,28-24-,37-33-,38-34-,43-41-,44-42-,45-35-,46-36-,54-50-,56-52-,57-53-,59-55-,66-62-,68-64-,69-65-,71-67-. The first kappa shape index (κ1) is 100. The summed E-state index contributed by atoms with van der Waals surface area (Å²) in [5.41, 5.74) is 0. The van der Waals surface area contributed by atoms with E-state index in [1.807, 2.05) is 60.8 Å². The van der Waals surface area contributed by atoms with Gasteiger partial charge in [0.1, 0.15) is 19.3 Å². The number of carbonyl (C=O) groups excluding carboxylic acids is 4. The van der Waals surface area contributed by atoms with Crippen molar-refractivity contribution in [2.24, 2.45) is 0 Å². The number of aliphatic hydroxyl groups excluding tert-OH is 1. The second-order valence-electron chi connectivity index (χ2n) is 24.1. The first-order chi connectivity index (χ1) is 52.7. The third kappa shape index (κ3) is 76.5. The van der Waals surface area contributed by atoms with Crippen LogP contribution in [0.15, 0.2) is 267 Å². The normalized spacial score (nSPS) is 15.3. The molecule has 3 N–H and O–H groups in total. The van der Waals surface area contributed by atoms with Gasteiger partial charge in [-0.05, 0) is 154 Å². The zero-order valence-corrected chi connectivity index (χ0v) is 66.9. The van der Waals surface area contributed by atoms with E-state index in [4.69, 9.17) is 37.0 Å². The molecule has 0 saturated carbocycles. The molecule has 5 atom stereocenters. The molecule has 0 aromatic rings. The van der Waals surface area contributed by atoms with Crippen molar-refractivity contribution in [1.82, 2.24) is 0 Å². The number of carbonyl (C=O) groups is 4. The fourth-order valence-corrected chi connectivity index (χ4v) is 10.2. The van der Waals surface area contributed by atoms with Crippen LogP contribution in [0.3, 0.4) is 0 Å². The van der Waals surface area contributed by atoms with Gasteiger partial charge in [0.25, 0.3) is 0 Å². The summed E-state index contributed by atoms with van der Waals surface area (Å²) in [6, 6.07) is 0. The maximum atomic E-state index is 13.1. The van der Waals surface area contributed by atoms with Gasteiger partial charge in [-0.15, -0.1) is 0 Å². The van der Waals surface area contributed by atoms with Crippen LogP contribution >= 0.6 is 15.6 Å². The van der Waals surface area contributed by atoms with Crippen LogP contribution in [0, 0.1) is 0 Å². The molecule has 0 fully saturated rings. The van der Waals surface area contributed by atoms with Crippen LogP contribution in [0.4, 0.5) is 0 Å². The Kier molecular flexibility index (Phi) is 72.0. The second-order valence-corrected chi connectivity index (χ2v) is 27.0. The van der Waals surface area contributed by atoms with Crippen molar-refractivity contribution in [2.75, 3.05) is 39.6 Å². The number of hydrogen-bond acceptors (Lipinski definition) is 15. The minimum Gasteiger partial charge on any atom is -0.462 e. The highest BCUT2D eigenvalue weighted by Gasteiger charge is 2.30. The highest BCUT2D eigenvalue weighted by molar-refractivity contribution is 7.47. The van der Waals surface area contributed by atoms with Crippen molar-refractivity contribution in [3.05, 3.63) is 267 Å². The van der Waals surface area contributed by atoms with Gasteiger partial charge >= 0.3 is 39.5 Å². The summed E-state index contributed by atoms with van der Waals surface area (Å²) >= 11 is 0. The van der Waals surface area contributed by atoms with Crippen LogP contribution < -0.4 is 0 Å². The molecule has 17 nitrogen and oxygen atoms in total. The molecule has 598 valence electrons. The fourth-order valence-electron chi connectivity index (χ4n) is 8.59. The molecule has 0 aliphatic heterocycles. The van der Waals surface area contributed by atoms with Crippen LogP contribution in [0.5, 0.6) is 0 Å². The Morgan fingerprint density at radius 3 is 0.731 bits per heavy atom. The average molecular weight is 1530 g/mol. The summed E-state index contributed by atoms with van der Waals surface area (Å²) in [6.45, 7) is 3.92. The van der Waals surface area contributed by atoms with Gasteiger partial charge < -0.3 is 33.8 Å². The number of hydrogen-bond donors (Lipinski definition) is 3. The van der Waals surface area contributed by atoms with Gasteiger partial charge in [-0.2, -0.15) is 0 Å². The molecular formula is C89H130O17P2. The molecule has 0 aliphatic carbocycles. The number of phosphoric ester groups is 2. The van der Waals surface area contributed by atoms with Gasteiger partial charge in [-0.1, -0.05) is 295 Å². The second kappa shape index (κ2) is 77.5. The minimum atomic E-state index is -5.05. The van der Waals surface area contributed by atoms with Crippen LogP contribution in [-0.2, 0) is 65.4 Å². The first-order valence-corrected chi connectivity index (χ1v) is 41.6. The average Bonchev–Trinajstić information content (AvgIpc) is 0.896. The maximum absolute atomic E-state index is 13.1. The molecule has 19 heteroatoms. The molecule has 0 spiro atoms. The van der Waals surface area contributed by atoms with E-state index >= 15 is 0 Å². The molecule has 0 bridgehead atoms. The SMILES string of the molecule is CC/C=C\C/C=C\C/C=C\C/C=C\C/C=C\C/C=C\CCC(=O)OCC(COP(=O)(O)OCC(O)COP(=O)(O)OCC(COC(=O)C/C=C\C/C=C\C/C=C\C/C=C\C/C=C\CC)OC(=O)C/C=C\C/C=C\C/C=C\C/C=C\C/C=C\CC)OC(=O)CC/C=C\C/C=C\C/C=C\C/C=C\C/C=C\C/C=C\CC. The summed E-state index contributed by atoms with van der Waals surface area (Å²) in [4.78, 5) is 72.8. The number of allylic oxidation sites excluding steroid dienone is 42. The third-order valence-corrected chi connectivity index (χ3v) is 16.2. The Morgan fingerprint density at radius 1 is 0.259 bits per heavy atom. The van der Waals surface area contributed by atoms with E-state index in [0.717, 1.165) is 116 Å².